The van der Waals surface area contributed by atoms with E-state index in [2.05, 4.69) is 192 Å². The molecule has 56 heavy (non-hydrogen) atoms. The van der Waals surface area contributed by atoms with Crippen LogP contribution in [0.3, 0.4) is 0 Å². The Balaban J connectivity index is 0.000000168. The van der Waals surface area contributed by atoms with Crippen molar-refractivity contribution in [1.29, 1.82) is 0 Å². The second-order valence-corrected chi connectivity index (χ2v) is 15.4. The summed E-state index contributed by atoms with van der Waals surface area (Å²) in [6.45, 7) is 29.3. The van der Waals surface area contributed by atoms with E-state index in [1.54, 1.807) is 13.8 Å². The lowest BCUT2D eigenvalue weighted by molar-refractivity contribution is 1.13. The fourth-order valence-electron chi connectivity index (χ4n) is 6.88. The summed E-state index contributed by atoms with van der Waals surface area (Å²) < 4.78 is 29.7. The van der Waals surface area contributed by atoms with Gasteiger partial charge < -0.3 is 0 Å². The largest absolute Gasteiger partial charge is 0.0626 e. The Hall–Kier alpha value is -5.46. The van der Waals surface area contributed by atoms with Gasteiger partial charge in [-0.2, -0.15) is 0 Å². The van der Waals surface area contributed by atoms with Crippen molar-refractivity contribution >= 4 is 32.3 Å². The van der Waals surface area contributed by atoms with Crippen molar-refractivity contribution in [3.63, 3.8) is 0 Å². The van der Waals surface area contributed by atoms with Crippen molar-refractivity contribution in [1.82, 2.24) is 0 Å². The van der Waals surface area contributed by atoms with Crippen LogP contribution in [0, 0.1) is 96.9 Å². The summed E-state index contributed by atoms with van der Waals surface area (Å²) in [6, 6.07) is 39.1. The van der Waals surface area contributed by atoms with E-state index in [9.17, 15) is 0 Å². The minimum absolute atomic E-state index is 0.0634. The third kappa shape index (κ3) is 11.3. The zero-order valence-corrected chi connectivity index (χ0v) is 36.4. The lowest BCUT2D eigenvalue weighted by atomic mass is 9.90. The summed E-state index contributed by atoms with van der Waals surface area (Å²) in [5.74, 6) is 0. The number of hydrogen-bond donors (Lipinski definition) is 0. The molecular weight excluding hydrogens is 673 g/mol. The first-order valence-electron chi connectivity index (χ1n) is 21.7. The highest BCUT2D eigenvalue weighted by Crippen LogP contribution is 2.29. The molecule has 8 aromatic carbocycles. The first kappa shape index (κ1) is 37.5. The van der Waals surface area contributed by atoms with Gasteiger partial charge in [0.05, 0.1) is 5.48 Å². The Morgan fingerprint density at radius 2 is 0.661 bits per heavy atom. The summed E-state index contributed by atoms with van der Waals surface area (Å²) in [4.78, 5) is 0. The zero-order valence-electron chi connectivity index (χ0n) is 40.4. The van der Waals surface area contributed by atoms with Crippen molar-refractivity contribution in [2.75, 3.05) is 0 Å². The summed E-state index contributed by atoms with van der Waals surface area (Å²) >= 11 is 0. The van der Waals surface area contributed by atoms with Gasteiger partial charge in [-0.15, -0.1) is 0 Å². The second kappa shape index (κ2) is 19.9. The number of aryl methyl sites for hydroxylation is 6. The number of rotatable bonds is 0. The van der Waals surface area contributed by atoms with E-state index in [0.717, 1.165) is 0 Å². The predicted molar refractivity (Wildman–Crippen MR) is 251 cm³/mol. The van der Waals surface area contributed by atoms with Crippen molar-refractivity contribution in [3.05, 3.63) is 211 Å². The third-order valence-corrected chi connectivity index (χ3v) is 11.1. The van der Waals surface area contributed by atoms with E-state index >= 15 is 0 Å². The quantitative estimate of drug-likeness (QED) is 0.136. The summed E-state index contributed by atoms with van der Waals surface area (Å²) in [5, 5.41) is 8.13. The Labute approximate surface area is 344 Å². The Kier molecular flexibility index (Phi) is 13.3. The van der Waals surface area contributed by atoms with E-state index in [0.29, 0.717) is 11.1 Å². The number of benzene rings is 8. The maximum absolute atomic E-state index is 7.43. The fourth-order valence-corrected chi connectivity index (χ4v) is 6.88. The van der Waals surface area contributed by atoms with Gasteiger partial charge in [0.2, 0.25) is 0 Å². The highest BCUT2D eigenvalue weighted by molar-refractivity contribution is 6.09. The standard InChI is InChI=1S/C16H14.C12H12.C12H18.2C8H10/c1-11-7-8-13-10-12(2)14-5-3-4-6-15(14)16(13)9-11;1-9-7-10(2)12-6-4-3-5-11(12)8-9;1-7-8(2)10(4)12(6)11(5)9(7)3;1-7-3-5-8(2)6-4-7;1-7-5-3-4-6-8(7)2/h3-10H,1-2H3;3-8H,1-2H3;1-6H3;2*3-6H,1-2H3/i;;;3D,4D,5D,6D;. The van der Waals surface area contributed by atoms with E-state index in [1.807, 2.05) is 0 Å². The van der Waals surface area contributed by atoms with Gasteiger partial charge in [-0.05, 0) is 185 Å². The highest BCUT2D eigenvalue weighted by atomic mass is 14.1. The molecule has 0 aliphatic rings. The molecule has 8 rings (SSSR count). The van der Waals surface area contributed by atoms with Crippen LogP contribution in [0.15, 0.2) is 133 Å². The molecule has 0 unspecified atom stereocenters. The number of fused-ring (bicyclic) bond motifs is 4. The van der Waals surface area contributed by atoms with Crippen LogP contribution in [-0.2, 0) is 0 Å². The minimum atomic E-state index is 0.0634. The maximum Gasteiger partial charge on any atom is 0.0626 e. The molecule has 288 valence electrons. The van der Waals surface area contributed by atoms with Crippen LogP contribution in [-0.4, -0.2) is 0 Å². The predicted octanol–water partition coefficient (Wildman–Crippen LogP) is 16.2. The molecule has 0 saturated heterocycles. The van der Waals surface area contributed by atoms with Crippen LogP contribution >= 0.6 is 0 Å². The van der Waals surface area contributed by atoms with Gasteiger partial charge in [0, 0.05) is 0 Å². The van der Waals surface area contributed by atoms with Gasteiger partial charge in [-0.3, -0.25) is 0 Å². The topological polar surface area (TPSA) is 0 Å². The number of hydrogen-bond acceptors (Lipinski definition) is 0. The van der Waals surface area contributed by atoms with Gasteiger partial charge in [0.1, 0.15) is 0 Å². The van der Waals surface area contributed by atoms with E-state index in [1.165, 1.54) is 99.1 Å². The molecular formula is C56H64. The molecule has 8 aromatic rings. The molecule has 0 aliphatic carbocycles. The molecule has 0 N–H and O–H groups in total. The van der Waals surface area contributed by atoms with Crippen LogP contribution in [0.25, 0.3) is 32.3 Å². The summed E-state index contributed by atoms with van der Waals surface area (Å²) in [7, 11) is 0. The smallest absolute Gasteiger partial charge is 0.0620 e. The zero-order chi connectivity index (χ0) is 44.6. The minimum Gasteiger partial charge on any atom is -0.0620 e. The molecule has 0 amide bonds. The molecule has 0 aromatic heterocycles. The Bertz CT molecular complexity index is 2490. The van der Waals surface area contributed by atoms with E-state index in [4.69, 9.17) is 5.48 Å². The van der Waals surface area contributed by atoms with Gasteiger partial charge in [0.15, 0.2) is 0 Å². The van der Waals surface area contributed by atoms with Crippen LogP contribution in [0.2, 0.25) is 0 Å². The molecule has 0 atom stereocenters. The fraction of sp³-hybridized carbons (Fsp3) is 0.250. The first-order valence-corrected chi connectivity index (χ1v) is 19.7. The molecule has 0 heterocycles. The average molecular weight is 741 g/mol. The third-order valence-electron chi connectivity index (χ3n) is 11.1. The second-order valence-electron chi connectivity index (χ2n) is 15.4. The van der Waals surface area contributed by atoms with E-state index in [-0.39, 0.29) is 24.2 Å². The van der Waals surface area contributed by atoms with Crippen molar-refractivity contribution < 1.29 is 5.48 Å². The first-order chi connectivity index (χ1) is 28.3. The molecule has 0 nitrogen and oxygen atoms in total. The molecule has 0 aliphatic heterocycles. The lowest BCUT2D eigenvalue weighted by Gasteiger charge is -2.15. The highest BCUT2D eigenvalue weighted by Gasteiger charge is 2.08. The Morgan fingerprint density at radius 1 is 0.268 bits per heavy atom. The van der Waals surface area contributed by atoms with E-state index < -0.39 is 0 Å². The molecule has 0 fully saturated rings. The molecule has 0 heteroatoms. The molecule has 0 spiro atoms. The van der Waals surface area contributed by atoms with Crippen molar-refractivity contribution in [3.8, 4) is 0 Å². The van der Waals surface area contributed by atoms with Crippen molar-refractivity contribution in [2.24, 2.45) is 0 Å². The Morgan fingerprint density at radius 3 is 1.14 bits per heavy atom. The van der Waals surface area contributed by atoms with Crippen LogP contribution < -0.4 is 0 Å². The average Bonchev–Trinajstić information content (AvgIpc) is 3.24. The SMILES string of the molecule is Cc1c(C)c(C)c(C)c(C)c1C.Cc1cc(C)c2ccccc2c1.Cc1ccc2cc(C)c3ccccc3c2c1.Cc1ccccc1C.[2H]c1c([2H])c(C)c([2H])c([2H])c1C. The molecule has 0 saturated carbocycles. The van der Waals surface area contributed by atoms with Crippen LogP contribution in [0.4, 0.5) is 0 Å². The van der Waals surface area contributed by atoms with Crippen molar-refractivity contribution in [2.45, 2.75) is 96.9 Å². The maximum atomic E-state index is 7.43. The van der Waals surface area contributed by atoms with Gasteiger partial charge in [-0.1, -0.05) is 156 Å². The van der Waals surface area contributed by atoms with Gasteiger partial charge in [-0.25, -0.2) is 0 Å². The van der Waals surface area contributed by atoms with Crippen LogP contribution in [0.5, 0.6) is 0 Å². The molecule has 0 bridgehead atoms. The van der Waals surface area contributed by atoms with Gasteiger partial charge in [0.25, 0.3) is 0 Å². The normalized spacial score (nSPS) is 11.3. The molecule has 0 radical (unpaired) electrons. The summed E-state index contributed by atoms with van der Waals surface area (Å²) in [6.07, 6.45) is 0. The monoisotopic (exact) mass is 741 g/mol. The summed E-state index contributed by atoms with van der Waals surface area (Å²) in [5.41, 5.74) is 17.7. The van der Waals surface area contributed by atoms with Crippen LogP contribution in [0.1, 0.15) is 83.4 Å². The van der Waals surface area contributed by atoms with Gasteiger partial charge >= 0.3 is 0 Å². The lowest BCUT2D eigenvalue weighted by Crippen LogP contribution is -1.98.